The molecule has 1 fully saturated rings. The molecule has 144 valence electrons. The number of benzene rings is 1. The summed E-state index contributed by atoms with van der Waals surface area (Å²) in [4.78, 5) is 7.38. The van der Waals surface area contributed by atoms with Crippen molar-refractivity contribution < 1.29 is 9.47 Å². The molecule has 5 heteroatoms. The monoisotopic (exact) mass is 367 g/mol. The van der Waals surface area contributed by atoms with Crippen LogP contribution >= 0.6 is 0 Å². The van der Waals surface area contributed by atoms with Gasteiger partial charge in [0.15, 0.2) is 11.5 Å². The van der Waals surface area contributed by atoms with Crippen molar-refractivity contribution >= 4 is 11.0 Å². The van der Waals surface area contributed by atoms with Gasteiger partial charge in [0.25, 0.3) is 0 Å². The summed E-state index contributed by atoms with van der Waals surface area (Å²) in [7, 11) is 1.59. The Hall–Kier alpha value is -2.53. The second-order valence-corrected chi connectivity index (χ2v) is 6.75. The minimum absolute atomic E-state index is 0.499. The number of rotatable bonds is 9. The number of hydrogen-bond acceptors (Lipinski definition) is 4. The lowest BCUT2D eigenvalue weighted by Crippen LogP contribution is -2.30. The average molecular weight is 367 g/mol. The number of fused-ring (bicyclic) bond motifs is 1. The van der Waals surface area contributed by atoms with Gasteiger partial charge in [0.2, 0.25) is 0 Å². The first-order chi connectivity index (χ1) is 13.2. The van der Waals surface area contributed by atoms with E-state index < -0.39 is 0 Å². The van der Waals surface area contributed by atoms with Crippen LogP contribution in [-0.4, -0.2) is 41.3 Å². The maximum absolute atomic E-state index is 5.91. The molecule has 1 aromatic heterocycles. The SMILES string of the molecule is C=C/C=C(/OCCn1c(CN2CCCCC2)nc2ccccc21)C(=C)OC. The fraction of sp³-hybridized carbons (Fsp3) is 0.409. The largest absolute Gasteiger partial charge is 0.493 e. The summed E-state index contributed by atoms with van der Waals surface area (Å²) in [5.74, 6) is 2.20. The van der Waals surface area contributed by atoms with E-state index in [9.17, 15) is 0 Å². The van der Waals surface area contributed by atoms with Crippen LogP contribution < -0.4 is 0 Å². The molecule has 1 aliphatic heterocycles. The minimum atomic E-state index is 0.499. The summed E-state index contributed by atoms with van der Waals surface area (Å²) in [5.41, 5.74) is 2.18. The summed E-state index contributed by atoms with van der Waals surface area (Å²) in [6, 6.07) is 8.29. The number of imidazole rings is 1. The van der Waals surface area contributed by atoms with Crippen molar-refractivity contribution in [3.63, 3.8) is 0 Å². The zero-order valence-corrected chi connectivity index (χ0v) is 16.2. The number of hydrogen-bond donors (Lipinski definition) is 0. The van der Waals surface area contributed by atoms with Gasteiger partial charge in [0.1, 0.15) is 12.4 Å². The lowest BCUT2D eigenvalue weighted by Gasteiger charge is -2.26. The lowest BCUT2D eigenvalue weighted by molar-refractivity contribution is 0.167. The van der Waals surface area contributed by atoms with Crippen LogP contribution in [0.3, 0.4) is 0 Å². The third-order valence-corrected chi connectivity index (χ3v) is 4.91. The molecule has 27 heavy (non-hydrogen) atoms. The Morgan fingerprint density at radius 2 is 2.00 bits per heavy atom. The number of likely N-dealkylation sites (tertiary alicyclic amines) is 1. The van der Waals surface area contributed by atoms with Crippen molar-refractivity contribution in [1.29, 1.82) is 0 Å². The highest BCUT2D eigenvalue weighted by Crippen LogP contribution is 2.20. The molecule has 0 bridgehead atoms. The molecule has 1 aromatic carbocycles. The number of aromatic nitrogens is 2. The van der Waals surface area contributed by atoms with E-state index in [0.717, 1.165) is 43.0 Å². The molecule has 1 saturated heterocycles. The summed E-state index contributed by atoms with van der Waals surface area (Å²) >= 11 is 0. The van der Waals surface area contributed by atoms with Crippen molar-refractivity contribution in [2.45, 2.75) is 32.4 Å². The van der Waals surface area contributed by atoms with Crippen LogP contribution in [0.1, 0.15) is 25.1 Å². The second kappa shape index (κ2) is 9.42. The summed E-state index contributed by atoms with van der Waals surface area (Å²) in [6.45, 7) is 12.0. The number of ether oxygens (including phenoxy) is 2. The molecule has 1 aliphatic rings. The van der Waals surface area contributed by atoms with Crippen molar-refractivity contribution in [2.24, 2.45) is 0 Å². The van der Waals surface area contributed by atoms with Crippen LogP contribution in [-0.2, 0) is 22.6 Å². The quantitative estimate of drug-likeness (QED) is 0.490. The first-order valence-electron chi connectivity index (χ1n) is 9.58. The summed E-state index contributed by atoms with van der Waals surface area (Å²) < 4.78 is 13.4. The molecule has 2 heterocycles. The maximum Gasteiger partial charge on any atom is 0.160 e. The van der Waals surface area contributed by atoms with E-state index >= 15 is 0 Å². The van der Waals surface area contributed by atoms with E-state index in [4.69, 9.17) is 14.5 Å². The van der Waals surface area contributed by atoms with Crippen LogP contribution in [0.2, 0.25) is 0 Å². The molecule has 0 atom stereocenters. The molecule has 3 rings (SSSR count). The second-order valence-electron chi connectivity index (χ2n) is 6.75. The van der Waals surface area contributed by atoms with E-state index in [1.54, 1.807) is 19.3 Å². The molecule has 0 N–H and O–H groups in total. The minimum Gasteiger partial charge on any atom is -0.493 e. The Labute approximate surface area is 161 Å². The van der Waals surface area contributed by atoms with Crippen LogP contribution in [0, 0.1) is 0 Å². The zero-order chi connectivity index (χ0) is 19.1. The van der Waals surface area contributed by atoms with Crippen molar-refractivity contribution in [2.75, 3.05) is 26.8 Å². The predicted molar refractivity (Wildman–Crippen MR) is 109 cm³/mol. The Morgan fingerprint density at radius 3 is 2.74 bits per heavy atom. The number of para-hydroxylation sites is 2. The lowest BCUT2D eigenvalue weighted by atomic mass is 10.1. The molecular formula is C22H29N3O2. The highest BCUT2D eigenvalue weighted by molar-refractivity contribution is 5.75. The first-order valence-corrected chi connectivity index (χ1v) is 9.58. The van der Waals surface area contributed by atoms with Gasteiger partial charge >= 0.3 is 0 Å². The fourth-order valence-electron chi connectivity index (χ4n) is 3.49. The van der Waals surface area contributed by atoms with Crippen LogP contribution in [0.15, 0.2) is 61.1 Å². The zero-order valence-electron chi connectivity index (χ0n) is 16.2. The predicted octanol–water partition coefficient (Wildman–Crippen LogP) is 4.27. The number of nitrogens with zero attached hydrogens (tertiary/aromatic N) is 3. The van der Waals surface area contributed by atoms with Gasteiger partial charge in [-0.15, -0.1) is 0 Å². The smallest absolute Gasteiger partial charge is 0.160 e. The molecule has 5 nitrogen and oxygen atoms in total. The van der Waals surface area contributed by atoms with Gasteiger partial charge in [0.05, 0.1) is 31.2 Å². The molecule has 0 amide bonds. The van der Waals surface area contributed by atoms with E-state index in [0.29, 0.717) is 18.1 Å². The third-order valence-electron chi connectivity index (χ3n) is 4.91. The number of methoxy groups -OCH3 is 1. The van der Waals surface area contributed by atoms with Crippen LogP contribution in [0.5, 0.6) is 0 Å². The summed E-state index contributed by atoms with van der Waals surface area (Å²) in [5, 5.41) is 0. The number of allylic oxidation sites excluding steroid dienone is 2. The molecule has 0 saturated carbocycles. The van der Waals surface area contributed by atoms with E-state index in [1.807, 2.05) is 6.07 Å². The van der Waals surface area contributed by atoms with Gasteiger partial charge in [-0.1, -0.05) is 37.8 Å². The standard InChI is InChI=1S/C22H29N3O2/c1-4-10-21(18(2)26-3)27-16-15-25-20-12-7-6-11-19(20)23-22(25)17-24-13-8-5-9-14-24/h4,6-7,10-12H,1-2,5,8-9,13-17H2,3H3/b21-10+. The fourth-order valence-corrected chi connectivity index (χ4v) is 3.49. The van der Waals surface area contributed by atoms with Crippen LogP contribution in [0.25, 0.3) is 11.0 Å². The normalized spacial score (nSPS) is 15.7. The summed E-state index contributed by atoms with van der Waals surface area (Å²) in [6.07, 6.45) is 7.33. The van der Waals surface area contributed by atoms with Gasteiger partial charge in [-0.05, 0) is 44.1 Å². The van der Waals surface area contributed by atoms with Crippen molar-refractivity contribution in [3.8, 4) is 0 Å². The van der Waals surface area contributed by atoms with Crippen molar-refractivity contribution in [3.05, 3.63) is 66.9 Å². The molecule has 0 radical (unpaired) electrons. The third kappa shape index (κ3) is 4.80. The van der Waals surface area contributed by atoms with Gasteiger partial charge in [0, 0.05) is 0 Å². The van der Waals surface area contributed by atoms with Gasteiger partial charge in [-0.2, -0.15) is 0 Å². The van der Waals surface area contributed by atoms with E-state index in [2.05, 4.69) is 40.8 Å². The first kappa shape index (κ1) is 19.2. The Kier molecular flexibility index (Phi) is 6.71. The van der Waals surface area contributed by atoms with Gasteiger partial charge < -0.3 is 14.0 Å². The molecule has 0 spiro atoms. The van der Waals surface area contributed by atoms with Gasteiger partial charge in [-0.25, -0.2) is 4.98 Å². The van der Waals surface area contributed by atoms with Crippen LogP contribution in [0.4, 0.5) is 0 Å². The van der Waals surface area contributed by atoms with Crippen molar-refractivity contribution in [1.82, 2.24) is 14.5 Å². The Morgan fingerprint density at radius 1 is 1.22 bits per heavy atom. The van der Waals surface area contributed by atoms with Gasteiger partial charge in [-0.3, -0.25) is 4.90 Å². The highest BCUT2D eigenvalue weighted by Gasteiger charge is 2.16. The average Bonchev–Trinajstić information content (AvgIpc) is 3.04. The molecule has 0 aliphatic carbocycles. The Bertz CT molecular complexity index is 816. The molecule has 2 aromatic rings. The van der Waals surface area contributed by atoms with E-state index in [-0.39, 0.29) is 0 Å². The van der Waals surface area contributed by atoms with E-state index in [1.165, 1.54) is 19.3 Å². The number of piperidine rings is 1. The highest BCUT2D eigenvalue weighted by atomic mass is 16.5. The maximum atomic E-state index is 5.91. The molecule has 0 unspecified atom stereocenters. The molecular weight excluding hydrogens is 338 g/mol. The topological polar surface area (TPSA) is 39.5 Å². The Balaban J connectivity index is 1.75.